The summed E-state index contributed by atoms with van der Waals surface area (Å²) in [5.41, 5.74) is 0. The molecule has 2 atom stereocenters. The molecule has 0 unspecified atom stereocenters. The fourth-order valence-electron chi connectivity index (χ4n) is 3.88. The fraction of sp³-hybridized carbons (Fsp3) is 0.455. The van der Waals surface area contributed by atoms with Crippen LogP contribution in [0.15, 0.2) is 60.7 Å². The van der Waals surface area contributed by atoms with Crippen LogP contribution in [0.5, 0.6) is 0 Å². The molecule has 2 nitrogen and oxygen atoms in total. The third kappa shape index (κ3) is 3.74. The normalized spacial score (nSPS) is 20.5. The Bertz CT molecular complexity index is 624. The van der Waals surface area contributed by atoms with Crippen molar-refractivity contribution in [2.75, 3.05) is 6.61 Å². The maximum Gasteiger partial charge on any atom is 0.261 e. The Balaban J connectivity index is 1.94. The van der Waals surface area contributed by atoms with E-state index in [0.717, 1.165) is 19.4 Å². The zero-order valence-electron chi connectivity index (χ0n) is 15.9. The second kappa shape index (κ2) is 7.44. The standard InChI is InChI=1S/C22H30O2Si/c1-5-20-21(24-20)16-17-23-25(22(2,3)4,18-12-8-6-9-13-18)19-14-10-7-11-15-19/h6-15,20-21H,5,16-17H2,1-4H3/t20-,21+/m0/s1. The Labute approximate surface area is 153 Å². The van der Waals surface area contributed by atoms with E-state index in [0.29, 0.717) is 12.2 Å². The van der Waals surface area contributed by atoms with Crippen molar-refractivity contribution in [1.82, 2.24) is 0 Å². The van der Waals surface area contributed by atoms with Gasteiger partial charge in [0.05, 0.1) is 12.2 Å². The average Bonchev–Trinajstić information content (AvgIpc) is 3.38. The maximum absolute atomic E-state index is 6.87. The Morgan fingerprint density at radius 1 is 0.880 bits per heavy atom. The highest BCUT2D eigenvalue weighted by Gasteiger charge is 2.50. The maximum atomic E-state index is 6.87. The van der Waals surface area contributed by atoms with Crippen LogP contribution in [-0.2, 0) is 9.16 Å². The molecule has 0 radical (unpaired) electrons. The van der Waals surface area contributed by atoms with Crippen LogP contribution in [0.25, 0.3) is 0 Å². The van der Waals surface area contributed by atoms with E-state index in [4.69, 9.17) is 9.16 Å². The van der Waals surface area contributed by atoms with Crippen molar-refractivity contribution < 1.29 is 9.16 Å². The van der Waals surface area contributed by atoms with Gasteiger partial charge in [0.25, 0.3) is 8.32 Å². The molecule has 1 heterocycles. The number of hydrogen-bond acceptors (Lipinski definition) is 2. The third-order valence-electron chi connectivity index (χ3n) is 5.23. The van der Waals surface area contributed by atoms with Crippen LogP contribution in [-0.4, -0.2) is 27.1 Å². The molecule has 3 heteroatoms. The number of rotatable bonds is 7. The van der Waals surface area contributed by atoms with Crippen molar-refractivity contribution in [3.63, 3.8) is 0 Å². The lowest BCUT2D eigenvalue weighted by molar-refractivity contribution is 0.267. The molecule has 0 N–H and O–H groups in total. The van der Waals surface area contributed by atoms with Crippen molar-refractivity contribution >= 4 is 18.7 Å². The third-order valence-corrected chi connectivity index (χ3v) is 10.3. The summed E-state index contributed by atoms with van der Waals surface area (Å²) in [5, 5.41) is 2.74. The molecular formula is C22H30O2Si. The molecule has 1 saturated heterocycles. The van der Waals surface area contributed by atoms with E-state index in [9.17, 15) is 0 Å². The summed E-state index contributed by atoms with van der Waals surface area (Å²) in [6, 6.07) is 21.7. The second-order valence-electron chi connectivity index (χ2n) is 7.92. The van der Waals surface area contributed by atoms with Gasteiger partial charge in [-0.2, -0.15) is 0 Å². The van der Waals surface area contributed by atoms with Gasteiger partial charge in [0.15, 0.2) is 0 Å². The smallest absolute Gasteiger partial charge is 0.261 e. The van der Waals surface area contributed by atoms with E-state index in [1.165, 1.54) is 10.4 Å². The molecule has 0 spiro atoms. The van der Waals surface area contributed by atoms with E-state index in [1.807, 2.05) is 0 Å². The topological polar surface area (TPSA) is 21.8 Å². The van der Waals surface area contributed by atoms with Gasteiger partial charge in [0.1, 0.15) is 0 Å². The van der Waals surface area contributed by atoms with Crippen molar-refractivity contribution in [3.8, 4) is 0 Å². The first kappa shape index (κ1) is 18.4. The van der Waals surface area contributed by atoms with Crippen LogP contribution in [0.3, 0.4) is 0 Å². The number of ether oxygens (including phenoxy) is 1. The van der Waals surface area contributed by atoms with E-state index in [1.54, 1.807) is 0 Å². The van der Waals surface area contributed by atoms with Gasteiger partial charge in [0, 0.05) is 6.61 Å². The quantitative estimate of drug-likeness (QED) is 0.551. The lowest BCUT2D eigenvalue weighted by Gasteiger charge is -2.43. The summed E-state index contributed by atoms with van der Waals surface area (Å²) in [7, 11) is -2.38. The molecule has 0 aliphatic carbocycles. The number of benzene rings is 2. The molecule has 1 aliphatic heterocycles. The highest BCUT2D eigenvalue weighted by Crippen LogP contribution is 2.37. The highest BCUT2D eigenvalue weighted by molar-refractivity contribution is 6.99. The van der Waals surface area contributed by atoms with Gasteiger partial charge < -0.3 is 9.16 Å². The first-order chi connectivity index (χ1) is 12.0. The van der Waals surface area contributed by atoms with Gasteiger partial charge in [-0.15, -0.1) is 0 Å². The van der Waals surface area contributed by atoms with E-state index in [-0.39, 0.29) is 5.04 Å². The number of hydrogen-bond donors (Lipinski definition) is 0. The summed E-state index contributed by atoms with van der Waals surface area (Å²) >= 11 is 0. The second-order valence-corrected chi connectivity index (χ2v) is 12.2. The van der Waals surface area contributed by atoms with E-state index >= 15 is 0 Å². The zero-order chi connectivity index (χ0) is 17.9. The Kier molecular flexibility index (Phi) is 5.47. The van der Waals surface area contributed by atoms with Crippen LogP contribution in [0.1, 0.15) is 40.5 Å². The minimum absolute atomic E-state index is 0.0459. The van der Waals surface area contributed by atoms with Gasteiger partial charge in [-0.25, -0.2) is 0 Å². The van der Waals surface area contributed by atoms with Gasteiger partial charge in [-0.3, -0.25) is 0 Å². The van der Waals surface area contributed by atoms with Gasteiger partial charge in [-0.1, -0.05) is 88.4 Å². The van der Waals surface area contributed by atoms with Crippen LogP contribution in [0.4, 0.5) is 0 Å². The van der Waals surface area contributed by atoms with Crippen LogP contribution >= 0.6 is 0 Å². The summed E-state index contributed by atoms with van der Waals surface area (Å²) in [4.78, 5) is 0. The van der Waals surface area contributed by atoms with Gasteiger partial charge >= 0.3 is 0 Å². The van der Waals surface area contributed by atoms with Crippen molar-refractivity contribution in [1.29, 1.82) is 0 Å². The molecular weight excluding hydrogens is 324 g/mol. The molecule has 25 heavy (non-hydrogen) atoms. The van der Waals surface area contributed by atoms with Crippen molar-refractivity contribution in [2.45, 2.75) is 57.8 Å². The summed E-state index contributed by atoms with van der Waals surface area (Å²) in [5.74, 6) is 0. The summed E-state index contributed by atoms with van der Waals surface area (Å²) < 4.78 is 12.6. The monoisotopic (exact) mass is 354 g/mol. The molecule has 1 fully saturated rings. The van der Waals surface area contributed by atoms with Crippen molar-refractivity contribution in [3.05, 3.63) is 60.7 Å². The molecule has 2 aromatic rings. The highest BCUT2D eigenvalue weighted by atomic mass is 28.4. The van der Waals surface area contributed by atoms with Gasteiger partial charge in [-0.05, 0) is 28.3 Å². The minimum atomic E-state index is -2.38. The SMILES string of the molecule is CC[C@@H]1O[C@@H]1CCO[Si](c1ccccc1)(c1ccccc1)C(C)(C)C. The minimum Gasteiger partial charge on any atom is -0.407 e. The van der Waals surface area contributed by atoms with E-state index < -0.39 is 8.32 Å². The molecule has 0 saturated carbocycles. The predicted octanol–water partition coefficient (Wildman–Crippen LogP) is 4.13. The molecule has 0 bridgehead atoms. The van der Waals surface area contributed by atoms with Gasteiger partial charge in [0.2, 0.25) is 0 Å². The molecule has 134 valence electrons. The zero-order valence-corrected chi connectivity index (χ0v) is 16.9. The molecule has 3 rings (SSSR count). The molecule has 0 aromatic heterocycles. The number of epoxide rings is 1. The lowest BCUT2D eigenvalue weighted by Crippen LogP contribution is -2.66. The molecule has 0 amide bonds. The average molecular weight is 355 g/mol. The summed E-state index contributed by atoms with van der Waals surface area (Å²) in [6.07, 6.45) is 2.93. The fourth-order valence-corrected chi connectivity index (χ4v) is 8.46. The lowest BCUT2D eigenvalue weighted by atomic mass is 10.2. The Morgan fingerprint density at radius 3 is 1.80 bits per heavy atom. The Hall–Kier alpha value is -1.42. The summed E-state index contributed by atoms with van der Waals surface area (Å²) in [6.45, 7) is 9.91. The first-order valence-electron chi connectivity index (χ1n) is 9.39. The van der Waals surface area contributed by atoms with Crippen LogP contribution in [0.2, 0.25) is 5.04 Å². The Morgan fingerprint density at radius 2 is 1.40 bits per heavy atom. The van der Waals surface area contributed by atoms with Crippen LogP contribution in [0, 0.1) is 0 Å². The molecule has 2 aromatic carbocycles. The van der Waals surface area contributed by atoms with Crippen molar-refractivity contribution in [2.24, 2.45) is 0 Å². The first-order valence-corrected chi connectivity index (χ1v) is 11.3. The van der Waals surface area contributed by atoms with E-state index in [2.05, 4.69) is 88.4 Å². The predicted molar refractivity (Wildman–Crippen MR) is 107 cm³/mol. The molecule has 1 aliphatic rings. The largest absolute Gasteiger partial charge is 0.407 e. The van der Waals surface area contributed by atoms with Crippen LogP contribution < -0.4 is 10.4 Å².